The van der Waals surface area contributed by atoms with Gasteiger partial charge in [0.25, 0.3) is 0 Å². The molecule has 4 rings (SSSR count). The molecule has 0 spiro atoms. The van der Waals surface area contributed by atoms with E-state index in [2.05, 4.69) is 15.3 Å². The molecule has 0 aliphatic carbocycles. The molecule has 10 heteroatoms. The van der Waals surface area contributed by atoms with Crippen LogP contribution in [0.3, 0.4) is 0 Å². The van der Waals surface area contributed by atoms with E-state index in [1.54, 1.807) is 53.1 Å². The van der Waals surface area contributed by atoms with Gasteiger partial charge in [-0.2, -0.15) is 13.2 Å². The van der Waals surface area contributed by atoms with Gasteiger partial charge in [0.2, 0.25) is 17.5 Å². The summed E-state index contributed by atoms with van der Waals surface area (Å²) in [6.45, 7) is 0. The Bertz CT molecular complexity index is 1230. The molecule has 1 atom stereocenters. The zero-order chi connectivity index (χ0) is 22.2. The number of fused-ring (bicyclic) bond motifs is 1. The van der Waals surface area contributed by atoms with Crippen molar-refractivity contribution < 1.29 is 23.1 Å². The van der Waals surface area contributed by atoms with Crippen LogP contribution < -0.4 is 5.32 Å². The van der Waals surface area contributed by atoms with E-state index >= 15 is 0 Å². The molecule has 0 aliphatic rings. The summed E-state index contributed by atoms with van der Waals surface area (Å²) in [5, 5.41) is 12.9. The van der Waals surface area contributed by atoms with Gasteiger partial charge in [0.15, 0.2) is 5.82 Å². The maximum atomic E-state index is 13.8. The SMILES string of the molecule is Cn1ccnc1C(O)(CC(=O)Nc1nc2ccccc2n1-c1ccccc1)C(F)(F)F. The first-order valence-electron chi connectivity index (χ1n) is 9.30. The number of hydrogen-bond acceptors (Lipinski definition) is 4. The van der Waals surface area contributed by atoms with Gasteiger partial charge in [-0.15, -0.1) is 0 Å². The third kappa shape index (κ3) is 3.66. The van der Waals surface area contributed by atoms with Crippen LogP contribution in [0, 0.1) is 0 Å². The normalized spacial score (nSPS) is 13.8. The Hall–Kier alpha value is -3.66. The lowest BCUT2D eigenvalue weighted by Crippen LogP contribution is -2.47. The Morgan fingerprint density at radius 1 is 1.10 bits per heavy atom. The van der Waals surface area contributed by atoms with Gasteiger partial charge in [0.1, 0.15) is 0 Å². The van der Waals surface area contributed by atoms with Gasteiger partial charge in [0.05, 0.1) is 17.5 Å². The lowest BCUT2D eigenvalue weighted by atomic mass is 9.97. The van der Waals surface area contributed by atoms with Crippen LogP contribution in [0.1, 0.15) is 12.2 Å². The summed E-state index contributed by atoms with van der Waals surface area (Å²) in [7, 11) is 1.31. The Labute approximate surface area is 174 Å². The van der Waals surface area contributed by atoms with Gasteiger partial charge < -0.3 is 9.67 Å². The average molecular weight is 429 g/mol. The van der Waals surface area contributed by atoms with Crippen molar-refractivity contribution in [1.82, 2.24) is 19.1 Å². The van der Waals surface area contributed by atoms with Crippen molar-refractivity contribution in [1.29, 1.82) is 0 Å². The number of nitrogens with zero attached hydrogens (tertiary/aromatic N) is 4. The highest BCUT2D eigenvalue weighted by molar-refractivity contribution is 5.93. The predicted octanol–water partition coefficient (Wildman–Crippen LogP) is 3.54. The molecule has 160 valence electrons. The average Bonchev–Trinajstić information content (AvgIpc) is 3.30. The minimum atomic E-state index is -5.12. The maximum absolute atomic E-state index is 13.8. The Balaban J connectivity index is 1.71. The summed E-state index contributed by atoms with van der Waals surface area (Å²) in [5.41, 5.74) is -1.57. The van der Waals surface area contributed by atoms with Gasteiger partial charge in [-0.05, 0) is 24.3 Å². The summed E-state index contributed by atoms with van der Waals surface area (Å²) >= 11 is 0. The largest absolute Gasteiger partial charge is 0.425 e. The van der Waals surface area contributed by atoms with Crippen LogP contribution in [0.4, 0.5) is 19.1 Å². The minimum absolute atomic E-state index is 0.0433. The Morgan fingerprint density at radius 3 is 2.42 bits per heavy atom. The van der Waals surface area contributed by atoms with Crippen molar-refractivity contribution in [3.8, 4) is 5.69 Å². The van der Waals surface area contributed by atoms with Crippen molar-refractivity contribution in [2.24, 2.45) is 7.05 Å². The molecule has 0 radical (unpaired) electrons. The molecule has 31 heavy (non-hydrogen) atoms. The van der Waals surface area contributed by atoms with Crippen molar-refractivity contribution >= 4 is 22.9 Å². The number of aryl methyl sites for hydroxylation is 1. The smallest absolute Gasteiger partial charge is 0.374 e. The molecule has 4 aromatic rings. The van der Waals surface area contributed by atoms with Crippen LogP contribution >= 0.6 is 0 Å². The third-order valence-electron chi connectivity index (χ3n) is 4.90. The molecule has 2 aromatic carbocycles. The number of aliphatic hydroxyl groups is 1. The van der Waals surface area contributed by atoms with Crippen molar-refractivity contribution in [2.75, 3.05) is 5.32 Å². The summed E-state index contributed by atoms with van der Waals surface area (Å²) in [6.07, 6.45) is -4.01. The first-order valence-corrected chi connectivity index (χ1v) is 9.30. The first kappa shape index (κ1) is 20.6. The molecule has 0 bridgehead atoms. The Morgan fingerprint density at radius 2 is 1.77 bits per heavy atom. The fraction of sp³-hybridized carbons (Fsp3) is 0.190. The molecule has 0 aliphatic heterocycles. The topological polar surface area (TPSA) is 85.0 Å². The van der Waals surface area contributed by atoms with Crippen LogP contribution in [0.5, 0.6) is 0 Å². The second kappa shape index (κ2) is 7.55. The number of carbonyl (C=O) groups excluding carboxylic acids is 1. The van der Waals surface area contributed by atoms with Crippen LogP contribution in [0.2, 0.25) is 0 Å². The van der Waals surface area contributed by atoms with Gasteiger partial charge in [-0.25, -0.2) is 9.97 Å². The van der Waals surface area contributed by atoms with E-state index in [0.29, 0.717) is 16.7 Å². The summed E-state index contributed by atoms with van der Waals surface area (Å²) in [6, 6.07) is 16.0. The first-order chi connectivity index (χ1) is 14.7. The minimum Gasteiger partial charge on any atom is -0.374 e. The second-order valence-electron chi connectivity index (χ2n) is 7.04. The predicted molar refractivity (Wildman–Crippen MR) is 107 cm³/mol. The van der Waals surface area contributed by atoms with Crippen LogP contribution in [0.25, 0.3) is 16.7 Å². The highest BCUT2D eigenvalue weighted by Crippen LogP contribution is 2.41. The number of alkyl halides is 3. The number of para-hydroxylation sites is 3. The molecular weight excluding hydrogens is 411 g/mol. The van der Waals surface area contributed by atoms with Gasteiger partial charge in [0, 0.05) is 25.1 Å². The van der Waals surface area contributed by atoms with Gasteiger partial charge >= 0.3 is 6.18 Å². The summed E-state index contributed by atoms with van der Waals surface area (Å²) in [4.78, 5) is 20.6. The third-order valence-corrected chi connectivity index (χ3v) is 4.90. The number of carbonyl (C=O) groups is 1. The molecule has 2 aromatic heterocycles. The van der Waals surface area contributed by atoms with Crippen LogP contribution in [-0.4, -0.2) is 36.3 Å². The standard InChI is InChI=1S/C21H18F3N5O2/c1-28-12-11-25-18(28)20(31,21(22,23)24)13-17(30)27-19-26-15-9-5-6-10-16(15)29(19)14-7-3-2-4-8-14/h2-12,31H,13H2,1H3,(H,26,27,30). The molecule has 0 saturated carbocycles. The van der Waals surface area contributed by atoms with Crippen LogP contribution in [-0.2, 0) is 17.4 Å². The fourth-order valence-electron chi connectivity index (χ4n) is 3.42. The number of imidazole rings is 2. The van der Waals surface area contributed by atoms with Gasteiger partial charge in [-0.1, -0.05) is 30.3 Å². The molecule has 1 unspecified atom stereocenters. The molecule has 2 N–H and O–H groups in total. The molecule has 7 nitrogen and oxygen atoms in total. The number of amides is 1. The van der Waals surface area contributed by atoms with E-state index in [9.17, 15) is 23.1 Å². The van der Waals surface area contributed by atoms with Gasteiger partial charge in [-0.3, -0.25) is 14.7 Å². The van der Waals surface area contributed by atoms with Crippen molar-refractivity contribution in [3.63, 3.8) is 0 Å². The van der Waals surface area contributed by atoms with Crippen LogP contribution in [0.15, 0.2) is 67.0 Å². The van der Waals surface area contributed by atoms with E-state index in [0.717, 1.165) is 10.8 Å². The monoisotopic (exact) mass is 429 g/mol. The number of aromatic nitrogens is 4. The Kier molecular flexibility index (Phi) is 5.02. The van der Waals surface area contributed by atoms with E-state index in [-0.39, 0.29) is 5.95 Å². The summed E-state index contributed by atoms with van der Waals surface area (Å²) < 4.78 is 43.9. The highest BCUT2D eigenvalue weighted by atomic mass is 19.4. The molecule has 1 amide bonds. The number of hydrogen-bond donors (Lipinski definition) is 2. The molecule has 0 saturated heterocycles. The zero-order valence-electron chi connectivity index (χ0n) is 16.3. The number of anilines is 1. The number of halogens is 3. The van der Waals surface area contributed by atoms with E-state index in [1.165, 1.54) is 13.2 Å². The van der Waals surface area contributed by atoms with Crippen molar-refractivity contribution in [2.45, 2.75) is 18.2 Å². The molecular formula is C21H18F3N5O2. The van der Waals surface area contributed by atoms with Crippen molar-refractivity contribution in [3.05, 3.63) is 72.8 Å². The van der Waals surface area contributed by atoms with E-state index < -0.39 is 29.9 Å². The number of rotatable bonds is 5. The van der Waals surface area contributed by atoms with E-state index in [1.807, 2.05) is 6.07 Å². The summed E-state index contributed by atoms with van der Waals surface area (Å²) in [5.74, 6) is -1.69. The highest BCUT2D eigenvalue weighted by Gasteiger charge is 2.58. The molecule has 0 fully saturated rings. The number of benzene rings is 2. The zero-order valence-corrected chi connectivity index (χ0v) is 16.3. The van der Waals surface area contributed by atoms with E-state index in [4.69, 9.17) is 0 Å². The fourth-order valence-corrected chi connectivity index (χ4v) is 3.42. The lowest BCUT2D eigenvalue weighted by molar-refractivity contribution is -0.270. The second-order valence-corrected chi connectivity index (χ2v) is 7.04. The molecule has 2 heterocycles. The lowest BCUT2D eigenvalue weighted by Gasteiger charge is -2.29. The maximum Gasteiger partial charge on any atom is 0.425 e. The number of nitrogens with one attached hydrogen (secondary N) is 1. The quantitative estimate of drug-likeness (QED) is 0.508.